The minimum absolute atomic E-state index is 0.382. The lowest BCUT2D eigenvalue weighted by Gasteiger charge is -2.10. The third-order valence-corrected chi connectivity index (χ3v) is 4.17. The Balaban J connectivity index is 1.80. The molecule has 0 saturated heterocycles. The van der Waals surface area contributed by atoms with Gasteiger partial charge in [-0.15, -0.1) is 0 Å². The van der Waals surface area contributed by atoms with E-state index < -0.39 is 11.7 Å². The van der Waals surface area contributed by atoms with Gasteiger partial charge in [-0.2, -0.15) is 18.3 Å². The Bertz CT molecular complexity index is 874. The van der Waals surface area contributed by atoms with E-state index in [9.17, 15) is 13.2 Å². The molecule has 0 unspecified atom stereocenters. The second-order valence-electron chi connectivity index (χ2n) is 5.31. The van der Waals surface area contributed by atoms with Gasteiger partial charge < -0.3 is 5.32 Å². The van der Waals surface area contributed by atoms with Gasteiger partial charge in [0.2, 0.25) is 0 Å². The molecule has 0 aliphatic carbocycles. The number of nitrogens with zero attached hydrogens (tertiary/aromatic N) is 1. The maximum absolute atomic E-state index is 12.7. The summed E-state index contributed by atoms with van der Waals surface area (Å²) in [5.41, 5.74) is 1.91. The van der Waals surface area contributed by atoms with Gasteiger partial charge in [0.1, 0.15) is 0 Å². The highest BCUT2D eigenvalue weighted by Crippen LogP contribution is 2.32. The Labute approximate surface area is 151 Å². The van der Waals surface area contributed by atoms with Crippen LogP contribution in [0.3, 0.4) is 0 Å². The second-order valence-corrected chi connectivity index (χ2v) is 6.16. The third-order valence-electron chi connectivity index (χ3n) is 3.60. The summed E-state index contributed by atoms with van der Waals surface area (Å²) in [6, 6.07) is 9.93. The van der Waals surface area contributed by atoms with Crippen molar-refractivity contribution in [2.45, 2.75) is 12.7 Å². The van der Waals surface area contributed by atoms with Crippen LogP contribution in [-0.2, 0) is 12.7 Å². The van der Waals surface area contributed by atoms with Crippen LogP contribution in [0.1, 0.15) is 11.1 Å². The van der Waals surface area contributed by atoms with Crippen molar-refractivity contribution < 1.29 is 13.2 Å². The lowest BCUT2D eigenvalue weighted by molar-refractivity contribution is -0.137. The Morgan fingerprint density at radius 3 is 2.44 bits per heavy atom. The molecule has 0 radical (unpaired) electrons. The third kappa shape index (κ3) is 4.08. The molecule has 0 bridgehead atoms. The van der Waals surface area contributed by atoms with Gasteiger partial charge in [0.15, 0.2) is 0 Å². The van der Waals surface area contributed by atoms with Crippen LogP contribution in [0.4, 0.5) is 18.9 Å². The van der Waals surface area contributed by atoms with Gasteiger partial charge in [-0.1, -0.05) is 35.3 Å². The molecular weight excluding hydrogens is 374 g/mol. The number of halogens is 5. The van der Waals surface area contributed by atoms with E-state index in [1.165, 1.54) is 12.1 Å². The van der Waals surface area contributed by atoms with Gasteiger partial charge in [-0.3, -0.25) is 5.10 Å². The molecule has 25 heavy (non-hydrogen) atoms. The van der Waals surface area contributed by atoms with Crippen LogP contribution in [0.25, 0.3) is 11.3 Å². The number of alkyl halides is 3. The van der Waals surface area contributed by atoms with Crippen molar-refractivity contribution in [1.82, 2.24) is 10.2 Å². The molecule has 2 aromatic carbocycles. The quantitative estimate of drug-likeness (QED) is 0.576. The summed E-state index contributed by atoms with van der Waals surface area (Å²) >= 11 is 12.0. The summed E-state index contributed by atoms with van der Waals surface area (Å²) in [7, 11) is 0. The normalized spacial score (nSPS) is 11.6. The average molecular weight is 386 g/mol. The fraction of sp³-hybridized carbons (Fsp3) is 0.118. The topological polar surface area (TPSA) is 40.7 Å². The summed E-state index contributed by atoms with van der Waals surface area (Å²) in [5.74, 6) is 0. The molecule has 0 fully saturated rings. The Hall–Kier alpha value is -2.18. The van der Waals surface area contributed by atoms with Crippen molar-refractivity contribution in [3.8, 4) is 11.3 Å². The lowest BCUT2D eigenvalue weighted by Crippen LogP contribution is -2.04. The SMILES string of the molecule is FC(F)(F)c1ccc(-c2n[nH]cc2CNc2cc(Cl)ccc2Cl)cc1. The van der Waals surface area contributed by atoms with Crippen molar-refractivity contribution in [1.29, 1.82) is 0 Å². The van der Waals surface area contributed by atoms with Gasteiger partial charge >= 0.3 is 6.18 Å². The summed E-state index contributed by atoms with van der Waals surface area (Å²) in [6.07, 6.45) is -2.68. The van der Waals surface area contributed by atoms with E-state index in [1.807, 2.05) is 0 Å². The summed E-state index contributed by atoms with van der Waals surface area (Å²) < 4.78 is 38.0. The summed E-state index contributed by atoms with van der Waals surface area (Å²) in [4.78, 5) is 0. The molecular formula is C17H12Cl2F3N3. The second kappa shape index (κ2) is 6.98. The maximum atomic E-state index is 12.7. The molecule has 0 aliphatic rings. The highest BCUT2D eigenvalue weighted by Gasteiger charge is 2.30. The number of anilines is 1. The predicted octanol–water partition coefficient (Wildman–Crippen LogP) is 6.01. The molecule has 0 amide bonds. The summed E-state index contributed by atoms with van der Waals surface area (Å²) in [5, 5.41) is 11.1. The van der Waals surface area contributed by atoms with Crippen LogP contribution in [0.2, 0.25) is 10.0 Å². The minimum Gasteiger partial charge on any atom is -0.380 e. The first-order valence-corrected chi connectivity index (χ1v) is 7.99. The van der Waals surface area contributed by atoms with E-state index in [0.29, 0.717) is 33.5 Å². The number of aromatic nitrogens is 2. The Morgan fingerprint density at radius 2 is 1.76 bits per heavy atom. The summed E-state index contributed by atoms with van der Waals surface area (Å²) in [6.45, 7) is 0.382. The highest BCUT2D eigenvalue weighted by atomic mass is 35.5. The van der Waals surface area contributed by atoms with Crippen molar-refractivity contribution in [3.63, 3.8) is 0 Å². The molecule has 0 spiro atoms. The maximum Gasteiger partial charge on any atom is 0.416 e. The predicted molar refractivity (Wildman–Crippen MR) is 92.8 cm³/mol. The smallest absolute Gasteiger partial charge is 0.380 e. The number of hydrogen-bond acceptors (Lipinski definition) is 2. The molecule has 3 nitrogen and oxygen atoms in total. The van der Waals surface area contributed by atoms with Crippen LogP contribution in [0.5, 0.6) is 0 Å². The number of nitrogens with one attached hydrogen (secondary N) is 2. The number of H-pyrrole nitrogens is 1. The van der Waals surface area contributed by atoms with Gasteiger partial charge in [0.25, 0.3) is 0 Å². The first-order valence-electron chi connectivity index (χ1n) is 7.24. The van der Waals surface area contributed by atoms with E-state index >= 15 is 0 Å². The number of aromatic amines is 1. The average Bonchev–Trinajstić information content (AvgIpc) is 3.03. The van der Waals surface area contributed by atoms with Crippen molar-refractivity contribution in [3.05, 3.63) is 69.8 Å². The molecule has 1 heterocycles. The molecule has 8 heteroatoms. The lowest BCUT2D eigenvalue weighted by atomic mass is 10.1. The Morgan fingerprint density at radius 1 is 1.04 bits per heavy atom. The number of rotatable bonds is 4. The van der Waals surface area contributed by atoms with Gasteiger partial charge in [-0.05, 0) is 30.3 Å². The molecule has 0 atom stereocenters. The largest absolute Gasteiger partial charge is 0.416 e. The fourth-order valence-corrected chi connectivity index (χ4v) is 2.70. The fourth-order valence-electron chi connectivity index (χ4n) is 2.34. The number of hydrogen-bond donors (Lipinski definition) is 2. The number of benzene rings is 2. The Kier molecular flexibility index (Phi) is 4.92. The molecule has 2 N–H and O–H groups in total. The van der Waals surface area contributed by atoms with Crippen molar-refractivity contribution in [2.24, 2.45) is 0 Å². The van der Waals surface area contributed by atoms with E-state index in [0.717, 1.165) is 17.7 Å². The van der Waals surface area contributed by atoms with Gasteiger partial charge in [0.05, 0.1) is 22.0 Å². The van der Waals surface area contributed by atoms with E-state index in [4.69, 9.17) is 23.2 Å². The first-order chi connectivity index (χ1) is 11.8. The monoisotopic (exact) mass is 385 g/mol. The van der Waals surface area contributed by atoms with Crippen LogP contribution >= 0.6 is 23.2 Å². The van der Waals surface area contributed by atoms with Crippen molar-refractivity contribution in [2.75, 3.05) is 5.32 Å². The van der Waals surface area contributed by atoms with E-state index in [-0.39, 0.29) is 0 Å². The van der Waals surface area contributed by atoms with Gasteiger partial charge in [-0.25, -0.2) is 0 Å². The van der Waals surface area contributed by atoms with Crippen LogP contribution in [-0.4, -0.2) is 10.2 Å². The minimum atomic E-state index is -4.36. The highest BCUT2D eigenvalue weighted by molar-refractivity contribution is 6.35. The van der Waals surface area contributed by atoms with E-state index in [2.05, 4.69) is 15.5 Å². The van der Waals surface area contributed by atoms with Crippen LogP contribution < -0.4 is 5.32 Å². The molecule has 1 aromatic heterocycles. The zero-order valence-corrected chi connectivity index (χ0v) is 14.2. The molecule has 0 saturated carbocycles. The van der Waals surface area contributed by atoms with E-state index in [1.54, 1.807) is 24.4 Å². The van der Waals surface area contributed by atoms with Crippen LogP contribution in [0.15, 0.2) is 48.7 Å². The van der Waals surface area contributed by atoms with Gasteiger partial charge in [0, 0.05) is 28.9 Å². The standard InChI is InChI=1S/C17H12Cl2F3N3/c18-13-5-6-14(19)15(7-13)23-8-11-9-24-25-16(11)10-1-3-12(4-2-10)17(20,21)22/h1-7,9,23H,8H2,(H,24,25). The first kappa shape index (κ1) is 17.6. The molecule has 3 rings (SSSR count). The van der Waals surface area contributed by atoms with Crippen LogP contribution in [0, 0.1) is 0 Å². The molecule has 0 aliphatic heterocycles. The molecule has 3 aromatic rings. The van der Waals surface area contributed by atoms with Crippen molar-refractivity contribution >= 4 is 28.9 Å². The zero-order chi connectivity index (χ0) is 18.0. The zero-order valence-electron chi connectivity index (χ0n) is 12.7. The molecule has 130 valence electrons.